The molecular weight excluding hydrogens is 291 g/mol. The maximum atomic E-state index is 12.4. The first kappa shape index (κ1) is 20.7. The van der Waals surface area contributed by atoms with Crippen LogP contribution in [0, 0.1) is 10.8 Å². The van der Waals surface area contributed by atoms with E-state index in [1.165, 1.54) is 6.20 Å². The van der Waals surface area contributed by atoms with E-state index < -0.39 is 11.7 Å². The first-order valence-corrected chi connectivity index (χ1v) is 7.21. The summed E-state index contributed by atoms with van der Waals surface area (Å²) in [5.41, 5.74) is 5.30. The highest BCUT2D eigenvalue weighted by atomic mass is 19.4. The molecule has 0 spiro atoms. The van der Waals surface area contributed by atoms with Crippen LogP contribution in [-0.4, -0.2) is 18.1 Å². The van der Waals surface area contributed by atoms with Gasteiger partial charge in [-0.05, 0) is 23.4 Å². The van der Waals surface area contributed by atoms with E-state index in [0.717, 1.165) is 18.8 Å². The van der Waals surface area contributed by atoms with E-state index in [4.69, 9.17) is 5.73 Å². The molecule has 0 aliphatic heterocycles. The van der Waals surface area contributed by atoms with Gasteiger partial charge in [-0.25, -0.2) is 0 Å². The van der Waals surface area contributed by atoms with Crippen molar-refractivity contribution < 1.29 is 13.2 Å². The average Bonchev–Trinajstić information content (AvgIpc) is 2.35. The summed E-state index contributed by atoms with van der Waals surface area (Å²) in [4.78, 5) is 3.57. The Morgan fingerprint density at radius 1 is 1.00 bits per heavy atom. The van der Waals surface area contributed by atoms with E-state index in [-0.39, 0.29) is 5.41 Å². The van der Waals surface area contributed by atoms with Crippen LogP contribution in [0.15, 0.2) is 18.5 Å². The fraction of sp³-hybridized carbons (Fsp3) is 0.688. The number of nitrogens with two attached hydrogens (primary N) is 1. The Labute approximate surface area is 131 Å². The number of aromatic nitrogens is 1. The topological polar surface area (TPSA) is 50.9 Å². The number of hydrogen-bond acceptors (Lipinski definition) is 3. The second-order valence-corrected chi connectivity index (χ2v) is 7.64. The largest absolute Gasteiger partial charge is 0.417 e. The molecule has 0 fully saturated rings. The van der Waals surface area contributed by atoms with Crippen LogP contribution >= 0.6 is 0 Å². The average molecular weight is 319 g/mol. The fourth-order valence-corrected chi connectivity index (χ4v) is 1.06. The molecule has 1 heterocycles. The molecule has 128 valence electrons. The van der Waals surface area contributed by atoms with Gasteiger partial charge in [0.1, 0.15) is 0 Å². The van der Waals surface area contributed by atoms with E-state index in [1.54, 1.807) is 0 Å². The summed E-state index contributed by atoms with van der Waals surface area (Å²) in [6.45, 7) is 13.7. The predicted octanol–water partition coefficient (Wildman–Crippen LogP) is 4.55. The van der Waals surface area contributed by atoms with E-state index in [1.807, 2.05) is 20.8 Å². The van der Waals surface area contributed by atoms with Crippen molar-refractivity contribution in [3.05, 3.63) is 24.0 Å². The summed E-state index contributed by atoms with van der Waals surface area (Å²) < 4.78 is 37.1. The molecule has 0 saturated heterocycles. The second kappa shape index (κ2) is 7.81. The predicted molar refractivity (Wildman–Crippen MR) is 85.7 cm³/mol. The molecule has 0 aromatic carbocycles. The third-order valence-electron chi connectivity index (χ3n) is 2.50. The van der Waals surface area contributed by atoms with Gasteiger partial charge in [0.15, 0.2) is 0 Å². The third kappa shape index (κ3) is 10.4. The van der Waals surface area contributed by atoms with Crippen LogP contribution in [-0.2, 0) is 6.18 Å². The maximum absolute atomic E-state index is 12.4. The first-order chi connectivity index (χ1) is 9.74. The minimum absolute atomic E-state index is 0.00817. The second-order valence-electron chi connectivity index (χ2n) is 7.64. The van der Waals surface area contributed by atoms with Crippen LogP contribution in [0.4, 0.5) is 18.9 Å². The molecule has 0 saturated carbocycles. The lowest BCUT2D eigenvalue weighted by Crippen LogP contribution is -2.19. The van der Waals surface area contributed by atoms with Gasteiger partial charge in [-0.15, -0.1) is 0 Å². The van der Waals surface area contributed by atoms with Gasteiger partial charge in [-0.3, -0.25) is 4.98 Å². The van der Waals surface area contributed by atoms with E-state index in [9.17, 15) is 13.2 Å². The number of alkyl halides is 3. The fourth-order valence-electron chi connectivity index (χ4n) is 1.06. The first-order valence-electron chi connectivity index (χ1n) is 7.21. The van der Waals surface area contributed by atoms with Gasteiger partial charge in [0.2, 0.25) is 0 Å². The van der Waals surface area contributed by atoms with Gasteiger partial charge in [0.05, 0.1) is 11.3 Å². The van der Waals surface area contributed by atoms with Crippen molar-refractivity contribution in [2.45, 2.75) is 47.7 Å². The molecule has 0 aliphatic rings. The summed E-state index contributed by atoms with van der Waals surface area (Å²) in [6.07, 6.45) is -2.13. The van der Waals surface area contributed by atoms with Gasteiger partial charge in [-0.1, -0.05) is 41.5 Å². The lowest BCUT2D eigenvalue weighted by Gasteiger charge is -2.19. The minimum Gasteiger partial charge on any atom is -0.383 e. The molecule has 1 aromatic heterocycles. The van der Waals surface area contributed by atoms with Crippen LogP contribution in [0.3, 0.4) is 0 Å². The molecule has 3 N–H and O–H groups in total. The molecule has 6 heteroatoms. The maximum Gasteiger partial charge on any atom is 0.417 e. The molecule has 0 radical (unpaired) electrons. The standard InChI is InChI=1S/C11H15F3N2.C5H13N/c1-10(2,3)7-16-9-4-8(5-15-6-9)11(12,13)14;1-5(2,3)4-6/h4-6,16H,7H2,1-3H3;4,6H2,1-3H3. The van der Waals surface area contributed by atoms with E-state index >= 15 is 0 Å². The highest BCUT2D eigenvalue weighted by molar-refractivity contribution is 5.43. The van der Waals surface area contributed by atoms with Crippen molar-refractivity contribution in [3.63, 3.8) is 0 Å². The zero-order chi connectivity index (χ0) is 17.6. The Hall–Kier alpha value is -1.30. The number of anilines is 1. The number of halogens is 3. The van der Waals surface area contributed by atoms with Gasteiger partial charge < -0.3 is 11.1 Å². The summed E-state index contributed by atoms with van der Waals surface area (Å²) in [5.74, 6) is 0. The summed E-state index contributed by atoms with van der Waals surface area (Å²) in [6, 6.07) is 1.07. The van der Waals surface area contributed by atoms with Crippen LogP contribution in [0.5, 0.6) is 0 Å². The van der Waals surface area contributed by atoms with Crippen LogP contribution in [0.1, 0.15) is 47.1 Å². The number of nitrogens with one attached hydrogen (secondary N) is 1. The van der Waals surface area contributed by atoms with Crippen LogP contribution in [0.25, 0.3) is 0 Å². The Balaban J connectivity index is 0.000000626. The summed E-state index contributed by atoms with van der Waals surface area (Å²) in [7, 11) is 0. The molecule has 22 heavy (non-hydrogen) atoms. The molecule has 1 rings (SSSR count). The van der Waals surface area contributed by atoms with Crippen molar-refractivity contribution in [2.24, 2.45) is 16.6 Å². The van der Waals surface area contributed by atoms with Gasteiger partial charge in [-0.2, -0.15) is 13.2 Å². The summed E-state index contributed by atoms with van der Waals surface area (Å²) >= 11 is 0. The molecule has 3 nitrogen and oxygen atoms in total. The molecule has 0 amide bonds. The molecule has 0 unspecified atom stereocenters. The van der Waals surface area contributed by atoms with Crippen LogP contribution < -0.4 is 11.1 Å². The number of rotatable bonds is 2. The Morgan fingerprint density at radius 2 is 1.50 bits per heavy atom. The SMILES string of the molecule is CC(C)(C)CN.CC(C)(C)CNc1cncc(C(F)(F)F)c1. The molecule has 1 aromatic rings. The van der Waals surface area contributed by atoms with Gasteiger partial charge >= 0.3 is 6.18 Å². The normalized spacial score (nSPS) is 12.5. The monoisotopic (exact) mass is 319 g/mol. The number of pyridine rings is 1. The van der Waals surface area contributed by atoms with Crippen molar-refractivity contribution in [1.82, 2.24) is 4.98 Å². The Morgan fingerprint density at radius 3 is 1.86 bits per heavy atom. The van der Waals surface area contributed by atoms with E-state index in [0.29, 0.717) is 17.6 Å². The molecule has 0 atom stereocenters. The lowest BCUT2D eigenvalue weighted by molar-refractivity contribution is -0.137. The molecular formula is C16H28F3N3. The lowest BCUT2D eigenvalue weighted by atomic mass is 9.97. The van der Waals surface area contributed by atoms with E-state index in [2.05, 4.69) is 31.1 Å². The highest BCUT2D eigenvalue weighted by Crippen LogP contribution is 2.30. The third-order valence-corrected chi connectivity index (χ3v) is 2.50. The molecule has 0 aliphatic carbocycles. The Bertz CT molecular complexity index is 443. The quantitative estimate of drug-likeness (QED) is 0.841. The number of nitrogens with zero attached hydrogens (tertiary/aromatic N) is 1. The summed E-state index contributed by atoms with van der Waals surface area (Å²) in [5, 5.41) is 2.93. The zero-order valence-electron chi connectivity index (χ0n) is 14.3. The number of hydrogen-bond donors (Lipinski definition) is 2. The van der Waals surface area contributed by atoms with Crippen molar-refractivity contribution >= 4 is 5.69 Å². The molecule has 0 bridgehead atoms. The van der Waals surface area contributed by atoms with Crippen molar-refractivity contribution in [2.75, 3.05) is 18.4 Å². The van der Waals surface area contributed by atoms with Crippen molar-refractivity contribution in [3.8, 4) is 0 Å². The zero-order valence-corrected chi connectivity index (χ0v) is 14.3. The smallest absolute Gasteiger partial charge is 0.383 e. The van der Waals surface area contributed by atoms with Crippen LogP contribution in [0.2, 0.25) is 0 Å². The highest BCUT2D eigenvalue weighted by Gasteiger charge is 2.31. The van der Waals surface area contributed by atoms with Gasteiger partial charge in [0.25, 0.3) is 0 Å². The van der Waals surface area contributed by atoms with Crippen molar-refractivity contribution in [1.29, 1.82) is 0 Å². The van der Waals surface area contributed by atoms with Gasteiger partial charge in [0, 0.05) is 18.9 Å². The minimum atomic E-state index is -4.34. The Kier molecular flexibility index (Phi) is 7.35.